The van der Waals surface area contributed by atoms with Crippen molar-refractivity contribution in [2.45, 2.75) is 39.3 Å². The standard InChI is InChI=1S/C25H25F3N4O/c1-15-11-16(2)13-17(12-15)22-19-7-8-29-23(19)24(33)32(30-22)21-14-18(31-9-3-4-10-31)5-6-20(21)25(26,27)28/h5-6,11-14,29H,3-4,7-10H2,1-2H3. The fourth-order valence-electron chi connectivity index (χ4n) is 4.91. The van der Waals surface area contributed by atoms with Crippen LogP contribution in [0.1, 0.15) is 35.1 Å². The predicted octanol–water partition coefficient (Wildman–Crippen LogP) is 5.10. The number of nitrogens with one attached hydrogen (secondary N) is 1. The van der Waals surface area contributed by atoms with Gasteiger partial charge in [0, 0.05) is 36.4 Å². The Labute approximate surface area is 189 Å². The van der Waals surface area contributed by atoms with Gasteiger partial charge in [-0.1, -0.05) is 17.2 Å². The molecule has 0 aliphatic carbocycles. The second kappa shape index (κ2) is 7.93. The van der Waals surface area contributed by atoms with E-state index in [9.17, 15) is 18.0 Å². The Kier molecular flexibility index (Phi) is 5.18. The zero-order valence-corrected chi connectivity index (χ0v) is 18.6. The molecular weight excluding hydrogens is 429 g/mol. The lowest BCUT2D eigenvalue weighted by atomic mass is 10.0. The van der Waals surface area contributed by atoms with E-state index in [1.807, 2.05) is 36.9 Å². The van der Waals surface area contributed by atoms with Crippen LogP contribution in [-0.4, -0.2) is 29.4 Å². The van der Waals surface area contributed by atoms with Crippen LogP contribution >= 0.6 is 0 Å². The van der Waals surface area contributed by atoms with E-state index >= 15 is 0 Å². The molecule has 2 aliphatic rings. The topological polar surface area (TPSA) is 50.2 Å². The van der Waals surface area contributed by atoms with Crippen molar-refractivity contribution in [3.8, 4) is 16.9 Å². The average Bonchev–Trinajstić information content (AvgIpc) is 3.45. The Balaban J connectivity index is 1.77. The second-order valence-electron chi connectivity index (χ2n) is 8.87. The van der Waals surface area contributed by atoms with Crippen LogP contribution in [0.3, 0.4) is 0 Å². The number of fused-ring (bicyclic) bond motifs is 1. The van der Waals surface area contributed by atoms with Gasteiger partial charge in [0.15, 0.2) is 0 Å². The number of hydrogen-bond acceptors (Lipinski definition) is 4. The van der Waals surface area contributed by atoms with Crippen LogP contribution in [0.4, 0.5) is 24.5 Å². The highest BCUT2D eigenvalue weighted by atomic mass is 19.4. The molecule has 1 aromatic heterocycles. The molecule has 0 bridgehead atoms. The molecule has 0 radical (unpaired) electrons. The number of aryl methyl sites for hydroxylation is 2. The molecule has 2 aromatic carbocycles. The molecule has 172 valence electrons. The van der Waals surface area contributed by atoms with E-state index in [2.05, 4.69) is 10.4 Å². The summed E-state index contributed by atoms with van der Waals surface area (Å²) in [6.45, 7) is 6.05. The quantitative estimate of drug-likeness (QED) is 0.598. The lowest BCUT2D eigenvalue weighted by molar-refractivity contribution is -0.137. The van der Waals surface area contributed by atoms with E-state index in [0.717, 1.165) is 58.9 Å². The fourth-order valence-corrected chi connectivity index (χ4v) is 4.91. The smallest absolute Gasteiger partial charge is 0.380 e. The van der Waals surface area contributed by atoms with Gasteiger partial charge < -0.3 is 10.2 Å². The normalized spacial score (nSPS) is 15.6. The zero-order chi connectivity index (χ0) is 23.3. The van der Waals surface area contributed by atoms with Crippen LogP contribution in [0.15, 0.2) is 41.2 Å². The minimum atomic E-state index is -4.62. The van der Waals surface area contributed by atoms with E-state index < -0.39 is 17.3 Å². The minimum Gasteiger partial charge on any atom is -0.380 e. The molecule has 1 N–H and O–H groups in total. The summed E-state index contributed by atoms with van der Waals surface area (Å²) < 4.78 is 43.0. The number of aromatic nitrogens is 2. The first-order valence-electron chi connectivity index (χ1n) is 11.2. The molecule has 2 aliphatic heterocycles. The molecular formula is C25H25F3N4O. The van der Waals surface area contributed by atoms with Crippen LogP contribution in [0.5, 0.6) is 0 Å². The summed E-state index contributed by atoms with van der Waals surface area (Å²) in [6.07, 6.45) is -2.03. The summed E-state index contributed by atoms with van der Waals surface area (Å²) in [7, 11) is 0. The summed E-state index contributed by atoms with van der Waals surface area (Å²) >= 11 is 0. The molecule has 0 atom stereocenters. The number of halogens is 3. The molecule has 5 rings (SSSR count). The third kappa shape index (κ3) is 3.87. The van der Waals surface area contributed by atoms with Gasteiger partial charge in [-0.2, -0.15) is 23.0 Å². The average molecular weight is 454 g/mol. The maximum Gasteiger partial charge on any atom is 0.418 e. The largest absolute Gasteiger partial charge is 0.418 e. The molecule has 0 saturated carbocycles. The van der Waals surface area contributed by atoms with Crippen LogP contribution in [-0.2, 0) is 12.6 Å². The van der Waals surface area contributed by atoms with Gasteiger partial charge in [0.2, 0.25) is 0 Å². The molecule has 0 amide bonds. The monoisotopic (exact) mass is 454 g/mol. The Morgan fingerprint density at radius 2 is 1.70 bits per heavy atom. The third-order valence-electron chi connectivity index (χ3n) is 6.35. The van der Waals surface area contributed by atoms with Crippen molar-refractivity contribution in [3.63, 3.8) is 0 Å². The van der Waals surface area contributed by atoms with Gasteiger partial charge in [-0.25, -0.2) is 0 Å². The van der Waals surface area contributed by atoms with Crippen molar-refractivity contribution in [3.05, 3.63) is 69.0 Å². The highest BCUT2D eigenvalue weighted by molar-refractivity contribution is 5.73. The van der Waals surface area contributed by atoms with Crippen molar-refractivity contribution < 1.29 is 13.2 Å². The summed E-state index contributed by atoms with van der Waals surface area (Å²) in [5.41, 5.74) is 3.48. The van der Waals surface area contributed by atoms with Gasteiger partial charge in [0.25, 0.3) is 5.56 Å². The van der Waals surface area contributed by atoms with Crippen molar-refractivity contribution >= 4 is 11.4 Å². The first-order chi connectivity index (χ1) is 15.7. The molecule has 0 unspecified atom stereocenters. The van der Waals surface area contributed by atoms with Crippen LogP contribution in [0.2, 0.25) is 0 Å². The Morgan fingerprint density at radius 1 is 1.00 bits per heavy atom. The molecule has 33 heavy (non-hydrogen) atoms. The number of nitrogens with zero attached hydrogens (tertiary/aromatic N) is 3. The summed E-state index contributed by atoms with van der Waals surface area (Å²) in [6, 6.07) is 9.93. The van der Waals surface area contributed by atoms with Crippen LogP contribution in [0, 0.1) is 13.8 Å². The van der Waals surface area contributed by atoms with Gasteiger partial charge in [-0.15, -0.1) is 0 Å². The predicted molar refractivity (Wildman–Crippen MR) is 123 cm³/mol. The number of benzene rings is 2. The van der Waals surface area contributed by atoms with Crippen molar-refractivity contribution in [2.24, 2.45) is 0 Å². The summed E-state index contributed by atoms with van der Waals surface area (Å²) in [5.74, 6) is 0. The van der Waals surface area contributed by atoms with E-state index in [0.29, 0.717) is 30.0 Å². The Morgan fingerprint density at radius 3 is 2.36 bits per heavy atom. The molecule has 1 saturated heterocycles. The molecule has 3 aromatic rings. The summed E-state index contributed by atoms with van der Waals surface area (Å²) in [5, 5.41) is 7.64. The van der Waals surface area contributed by atoms with Gasteiger partial charge in [-0.05, 0) is 63.4 Å². The van der Waals surface area contributed by atoms with Crippen molar-refractivity contribution in [1.82, 2.24) is 9.78 Å². The number of hydrogen-bond donors (Lipinski definition) is 1. The van der Waals surface area contributed by atoms with Crippen LogP contribution in [0.25, 0.3) is 16.9 Å². The van der Waals surface area contributed by atoms with Gasteiger partial charge >= 0.3 is 6.18 Å². The fraction of sp³-hybridized carbons (Fsp3) is 0.360. The Bertz CT molecular complexity index is 1270. The Hall–Kier alpha value is -3.29. The van der Waals surface area contributed by atoms with Gasteiger partial charge in [-0.3, -0.25) is 4.79 Å². The first kappa shape index (κ1) is 21.6. The lowest BCUT2D eigenvalue weighted by Gasteiger charge is -2.22. The van der Waals surface area contributed by atoms with Crippen molar-refractivity contribution in [2.75, 3.05) is 29.9 Å². The van der Waals surface area contributed by atoms with E-state index in [1.165, 1.54) is 12.1 Å². The maximum absolute atomic E-state index is 14.0. The lowest BCUT2D eigenvalue weighted by Crippen LogP contribution is -2.27. The molecule has 8 heteroatoms. The van der Waals surface area contributed by atoms with E-state index in [-0.39, 0.29) is 5.69 Å². The van der Waals surface area contributed by atoms with Crippen LogP contribution < -0.4 is 15.8 Å². The third-order valence-corrected chi connectivity index (χ3v) is 6.35. The SMILES string of the molecule is Cc1cc(C)cc(-c2nn(-c3cc(N4CCCC4)ccc3C(F)(F)F)c(=O)c3c2CCN3)c1. The van der Waals surface area contributed by atoms with E-state index in [4.69, 9.17) is 0 Å². The first-order valence-corrected chi connectivity index (χ1v) is 11.2. The van der Waals surface area contributed by atoms with Crippen molar-refractivity contribution in [1.29, 1.82) is 0 Å². The molecule has 5 nitrogen and oxygen atoms in total. The molecule has 0 spiro atoms. The zero-order valence-electron chi connectivity index (χ0n) is 18.6. The molecule has 1 fully saturated rings. The molecule has 3 heterocycles. The maximum atomic E-state index is 14.0. The van der Waals surface area contributed by atoms with E-state index in [1.54, 1.807) is 0 Å². The number of rotatable bonds is 3. The second-order valence-corrected chi connectivity index (χ2v) is 8.87. The van der Waals surface area contributed by atoms with Gasteiger partial charge in [0.05, 0.1) is 16.9 Å². The highest BCUT2D eigenvalue weighted by Crippen LogP contribution is 2.37. The minimum absolute atomic E-state index is 0.237. The summed E-state index contributed by atoms with van der Waals surface area (Å²) in [4.78, 5) is 15.4. The number of alkyl halides is 3. The number of anilines is 2. The van der Waals surface area contributed by atoms with Gasteiger partial charge in [0.1, 0.15) is 5.69 Å². The highest BCUT2D eigenvalue weighted by Gasteiger charge is 2.36.